The maximum absolute atomic E-state index is 13.2. The number of carbonyl (C=O) groups excluding carboxylic acids is 3. The van der Waals surface area contributed by atoms with Crippen LogP contribution in [0.4, 0.5) is 17.1 Å². The first-order valence-corrected chi connectivity index (χ1v) is 12.6. The highest BCUT2D eigenvalue weighted by Gasteiger charge is 2.28. The molecule has 0 fully saturated rings. The van der Waals surface area contributed by atoms with Gasteiger partial charge in [-0.05, 0) is 59.8 Å². The fourth-order valence-electron chi connectivity index (χ4n) is 5.05. The van der Waals surface area contributed by atoms with E-state index in [2.05, 4.69) is 10.3 Å². The van der Waals surface area contributed by atoms with Crippen LogP contribution in [0.25, 0.3) is 16.5 Å². The lowest BCUT2D eigenvalue weighted by Gasteiger charge is -2.23. The molecule has 0 bridgehead atoms. The number of anilines is 3. The van der Waals surface area contributed by atoms with Crippen molar-refractivity contribution >= 4 is 45.6 Å². The van der Waals surface area contributed by atoms with Crippen molar-refractivity contribution in [3.05, 3.63) is 114 Å². The number of nitrogens with one attached hydrogen (secondary N) is 1. The maximum Gasteiger partial charge on any atom is 0.248 e. The predicted molar refractivity (Wildman–Crippen MR) is 150 cm³/mol. The Bertz CT molecular complexity index is 1740. The Balaban J connectivity index is 1.29. The summed E-state index contributed by atoms with van der Waals surface area (Å²) >= 11 is 0. The summed E-state index contributed by atoms with van der Waals surface area (Å²) in [5.74, 6) is -0.209. The third-order valence-corrected chi connectivity index (χ3v) is 6.93. The summed E-state index contributed by atoms with van der Waals surface area (Å²) in [6, 6.07) is 26.5. The average Bonchev–Trinajstić information content (AvgIpc) is 3.37. The molecule has 0 atom stereocenters. The van der Waals surface area contributed by atoms with Crippen LogP contribution in [0.1, 0.15) is 28.2 Å². The van der Waals surface area contributed by atoms with Gasteiger partial charge in [-0.3, -0.25) is 19.3 Å². The molecule has 4 aromatic carbocycles. The summed E-state index contributed by atoms with van der Waals surface area (Å²) in [6.07, 6.45) is 4.76. The Labute approximate surface area is 224 Å². The Morgan fingerprint density at radius 1 is 0.897 bits per heavy atom. The Kier molecular flexibility index (Phi) is 6.13. The number of amides is 3. The van der Waals surface area contributed by atoms with Crippen molar-refractivity contribution in [3.8, 4) is 5.69 Å². The van der Waals surface area contributed by atoms with Crippen LogP contribution in [-0.4, -0.2) is 27.3 Å². The maximum atomic E-state index is 13.2. The van der Waals surface area contributed by atoms with Gasteiger partial charge in [-0.25, -0.2) is 4.98 Å². The molecule has 5 aromatic rings. The van der Waals surface area contributed by atoms with Crippen LogP contribution in [0.2, 0.25) is 0 Å². The van der Waals surface area contributed by atoms with Crippen LogP contribution >= 0.6 is 0 Å². The van der Waals surface area contributed by atoms with Gasteiger partial charge in [0.05, 0.1) is 11.4 Å². The molecule has 0 radical (unpaired) electrons. The number of carbonyl (C=O) groups is 3. The van der Waals surface area contributed by atoms with Gasteiger partial charge < -0.3 is 15.6 Å². The zero-order chi connectivity index (χ0) is 26.9. The van der Waals surface area contributed by atoms with E-state index < -0.39 is 5.91 Å². The van der Waals surface area contributed by atoms with E-state index >= 15 is 0 Å². The van der Waals surface area contributed by atoms with Gasteiger partial charge in [-0.2, -0.15) is 0 Å². The van der Waals surface area contributed by atoms with Gasteiger partial charge in [-0.1, -0.05) is 42.5 Å². The molecule has 3 N–H and O–H groups in total. The van der Waals surface area contributed by atoms with Crippen LogP contribution < -0.4 is 16.0 Å². The fourth-order valence-corrected chi connectivity index (χ4v) is 5.05. The monoisotopic (exact) mass is 515 g/mol. The highest BCUT2D eigenvalue weighted by Crippen LogP contribution is 2.40. The molecule has 0 unspecified atom stereocenters. The molecular formula is C31H25N5O3. The Hall–Kier alpha value is -5.24. The summed E-state index contributed by atoms with van der Waals surface area (Å²) < 4.78 is 2.00. The highest BCUT2D eigenvalue weighted by atomic mass is 16.2. The Morgan fingerprint density at radius 2 is 1.69 bits per heavy atom. The first-order chi connectivity index (χ1) is 19.0. The van der Waals surface area contributed by atoms with E-state index in [1.54, 1.807) is 17.2 Å². The molecular weight excluding hydrogens is 490 g/mol. The standard InChI is InChI=1S/C31H25N5O3/c32-31(39)22-6-3-4-20(18-22)8-15-27-33-16-17-35(27)23-10-12-24(13-11-23)36-26-14-9-21-5-1-2-7-25(21)30(26)34-28(37)19-29(36)38/h1-7,9-14,16-18H,8,15,19H2,(H2,32,39)(H,34,37). The number of benzene rings is 4. The largest absolute Gasteiger partial charge is 0.366 e. The Morgan fingerprint density at radius 3 is 2.51 bits per heavy atom. The molecule has 0 spiro atoms. The lowest BCUT2D eigenvalue weighted by molar-refractivity contribution is -0.124. The number of nitrogens with zero attached hydrogens (tertiary/aromatic N) is 3. The van der Waals surface area contributed by atoms with Gasteiger partial charge >= 0.3 is 0 Å². The zero-order valence-corrected chi connectivity index (χ0v) is 21.0. The summed E-state index contributed by atoms with van der Waals surface area (Å²) in [5.41, 5.74) is 9.74. The van der Waals surface area contributed by atoms with E-state index in [-0.39, 0.29) is 18.2 Å². The zero-order valence-electron chi connectivity index (χ0n) is 21.0. The fraction of sp³-hybridized carbons (Fsp3) is 0.0968. The van der Waals surface area contributed by atoms with Crippen molar-refractivity contribution in [2.45, 2.75) is 19.3 Å². The van der Waals surface area contributed by atoms with E-state index in [9.17, 15) is 14.4 Å². The molecule has 1 aliphatic rings. The van der Waals surface area contributed by atoms with Gasteiger partial charge in [0, 0.05) is 41.1 Å². The summed E-state index contributed by atoms with van der Waals surface area (Å²) in [4.78, 5) is 43.4. The smallest absolute Gasteiger partial charge is 0.248 e. The SMILES string of the molecule is NC(=O)c1cccc(CCc2nccn2-c2ccc(N3C(=O)CC(=O)Nc4c3ccc3ccccc43)cc2)c1. The quantitative estimate of drug-likeness (QED) is 0.313. The molecule has 3 amide bonds. The molecule has 0 saturated heterocycles. The van der Waals surface area contributed by atoms with Gasteiger partial charge in [-0.15, -0.1) is 0 Å². The van der Waals surface area contributed by atoms with E-state index in [1.807, 2.05) is 89.6 Å². The molecule has 2 heterocycles. The van der Waals surface area contributed by atoms with Gasteiger partial charge in [0.25, 0.3) is 0 Å². The first kappa shape index (κ1) is 24.1. The van der Waals surface area contributed by atoms with Crippen molar-refractivity contribution in [2.24, 2.45) is 5.73 Å². The van der Waals surface area contributed by atoms with Crippen molar-refractivity contribution < 1.29 is 14.4 Å². The minimum Gasteiger partial charge on any atom is -0.366 e. The lowest BCUT2D eigenvalue weighted by Crippen LogP contribution is -2.26. The summed E-state index contributed by atoms with van der Waals surface area (Å²) in [5, 5.41) is 4.79. The molecule has 1 aliphatic heterocycles. The van der Waals surface area contributed by atoms with Crippen molar-refractivity contribution in [1.82, 2.24) is 9.55 Å². The second-order valence-electron chi connectivity index (χ2n) is 9.43. The van der Waals surface area contributed by atoms with E-state index in [0.717, 1.165) is 27.8 Å². The van der Waals surface area contributed by atoms with Crippen LogP contribution in [-0.2, 0) is 22.4 Å². The van der Waals surface area contributed by atoms with Crippen LogP contribution in [0, 0.1) is 0 Å². The number of nitrogens with two attached hydrogens (primary N) is 1. The summed E-state index contributed by atoms with van der Waals surface area (Å²) in [6.45, 7) is 0. The number of aryl methyl sites for hydroxylation is 2. The van der Waals surface area contributed by atoms with Gasteiger partial charge in [0.1, 0.15) is 12.2 Å². The normalized spacial score (nSPS) is 13.2. The second-order valence-corrected chi connectivity index (χ2v) is 9.43. The third kappa shape index (κ3) is 4.64. The number of rotatable bonds is 6. The highest BCUT2D eigenvalue weighted by molar-refractivity contribution is 6.21. The van der Waals surface area contributed by atoms with Crippen molar-refractivity contribution in [3.63, 3.8) is 0 Å². The van der Waals surface area contributed by atoms with Crippen LogP contribution in [0.5, 0.6) is 0 Å². The van der Waals surface area contributed by atoms with E-state index in [0.29, 0.717) is 35.5 Å². The third-order valence-electron chi connectivity index (χ3n) is 6.93. The van der Waals surface area contributed by atoms with Crippen molar-refractivity contribution in [2.75, 3.05) is 10.2 Å². The topological polar surface area (TPSA) is 110 Å². The average molecular weight is 516 g/mol. The number of imidazole rings is 1. The number of primary amides is 1. The minimum atomic E-state index is -0.447. The van der Waals surface area contributed by atoms with Crippen LogP contribution in [0.15, 0.2) is 97.3 Å². The molecule has 0 saturated carbocycles. The summed E-state index contributed by atoms with van der Waals surface area (Å²) in [7, 11) is 0. The number of fused-ring (bicyclic) bond motifs is 3. The lowest BCUT2D eigenvalue weighted by atomic mass is 10.1. The molecule has 0 aliphatic carbocycles. The molecule has 1 aromatic heterocycles. The van der Waals surface area contributed by atoms with Gasteiger partial charge in [0.2, 0.25) is 17.7 Å². The molecule has 192 valence electrons. The number of aromatic nitrogens is 2. The predicted octanol–water partition coefficient (Wildman–Crippen LogP) is 4.92. The van der Waals surface area contributed by atoms with E-state index in [1.165, 1.54) is 0 Å². The number of hydrogen-bond acceptors (Lipinski definition) is 4. The minimum absolute atomic E-state index is 0.243. The van der Waals surface area contributed by atoms with E-state index in [4.69, 9.17) is 5.73 Å². The molecule has 39 heavy (non-hydrogen) atoms. The molecule has 8 nitrogen and oxygen atoms in total. The number of hydrogen-bond donors (Lipinski definition) is 2. The molecule has 8 heteroatoms. The first-order valence-electron chi connectivity index (χ1n) is 12.6. The van der Waals surface area contributed by atoms with Crippen LogP contribution in [0.3, 0.4) is 0 Å². The second kappa shape index (κ2) is 9.90. The van der Waals surface area contributed by atoms with Gasteiger partial charge in [0.15, 0.2) is 0 Å². The van der Waals surface area contributed by atoms with Crippen molar-refractivity contribution in [1.29, 1.82) is 0 Å². The molecule has 6 rings (SSSR count).